The molecule has 0 spiro atoms. The standard InChI is InChI=1S/C22H33N5O7/c1-8-26-11-13-27(14-12-26)19(28)15-9-10-16(32-20(29)23(2)3)18(34-22(31)25(6)7)17(15)33-21(30)24(4)5/h9-10H,8,11-14H2,1-7H3. The van der Waals surface area contributed by atoms with Gasteiger partial charge >= 0.3 is 18.3 Å². The number of ether oxygens (including phenoxy) is 3. The van der Waals surface area contributed by atoms with Crippen molar-refractivity contribution >= 4 is 24.2 Å². The second-order valence-corrected chi connectivity index (χ2v) is 8.28. The molecule has 0 saturated carbocycles. The van der Waals surface area contributed by atoms with Gasteiger partial charge in [0.25, 0.3) is 5.91 Å². The van der Waals surface area contributed by atoms with E-state index in [0.717, 1.165) is 16.3 Å². The van der Waals surface area contributed by atoms with Crippen LogP contribution >= 0.6 is 0 Å². The first kappa shape index (κ1) is 26.7. The highest BCUT2D eigenvalue weighted by atomic mass is 16.6. The van der Waals surface area contributed by atoms with Crippen molar-refractivity contribution < 1.29 is 33.4 Å². The first-order valence-electron chi connectivity index (χ1n) is 10.8. The van der Waals surface area contributed by atoms with Crippen LogP contribution in [0.4, 0.5) is 14.4 Å². The Bertz CT molecular complexity index is 924. The molecule has 0 bridgehead atoms. The lowest BCUT2D eigenvalue weighted by molar-refractivity contribution is 0.0639. The van der Waals surface area contributed by atoms with Crippen molar-refractivity contribution in [3.05, 3.63) is 17.7 Å². The van der Waals surface area contributed by atoms with E-state index >= 15 is 0 Å². The van der Waals surface area contributed by atoms with Crippen LogP contribution in [0.2, 0.25) is 0 Å². The van der Waals surface area contributed by atoms with E-state index in [9.17, 15) is 19.2 Å². The maximum Gasteiger partial charge on any atom is 0.414 e. The first-order chi connectivity index (χ1) is 16.0. The maximum atomic E-state index is 13.4. The summed E-state index contributed by atoms with van der Waals surface area (Å²) in [4.78, 5) is 57.8. The molecular weight excluding hydrogens is 446 g/mol. The van der Waals surface area contributed by atoms with Gasteiger partial charge in [0, 0.05) is 68.5 Å². The predicted molar refractivity (Wildman–Crippen MR) is 124 cm³/mol. The van der Waals surface area contributed by atoms with Gasteiger partial charge in [0.15, 0.2) is 11.5 Å². The van der Waals surface area contributed by atoms with E-state index in [-0.39, 0.29) is 22.8 Å². The minimum atomic E-state index is -0.814. The van der Waals surface area contributed by atoms with Crippen molar-refractivity contribution in [1.29, 1.82) is 0 Å². The number of nitrogens with zero attached hydrogens (tertiary/aromatic N) is 5. The number of carbonyl (C=O) groups is 4. The average molecular weight is 480 g/mol. The minimum Gasteiger partial charge on any atom is -0.406 e. The lowest BCUT2D eigenvalue weighted by Gasteiger charge is -2.34. The Morgan fingerprint density at radius 3 is 1.68 bits per heavy atom. The lowest BCUT2D eigenvalue weighted by atomic mass is 10.1. The fourth-order valence-corrected chi connectivity index (χ4v) is 2.97. The second kappa shape index (κ2) is 11.5. The first-order valence-corrected chi connectivity index (χ1v) is 10.8. The van der Waals surface area contributed by atoms with Crippen LogP contribution < -0.4 is 14.2 Å². The van der Waals surface area contributed by atoms with E-state index in [1.165, 1.54) is 59.3 Å². The van der Waals surface area contributed by atoms with Crippen molar-refractivity contribution in [3.63, 3.8) is 0 Å². The Morgan fingerprint density at radius 1 is 0.735 bits per heavy atom. The normalized spacial score (nSPS) is 13.7. The van der Waals surface area contributed by atoms with Gasteiger partial charge in [0.1, 0.15) is 0 Å². The van der Waals surface area contributed by atoms with E-state index in [2.05, 4.69) is 11.8 Å². The molecule has 12 nitrogen and oxygen atoms in total. The van der Waals surface area contributed by atoms with Crippen molar-refractivity contribution in [2.75, 3.05) is 75.0 Å². The molecule has 4 amide bonds. The summed E-state index contributed by atoms with van der Waals surface area (Å²) in [5.41, 5.74) is 0.00589. The van der Waals surface area contributed by atoms with E-state index in [0.29, 0.717) is 26.2 Å². The molecule has 0 radical (unpaired) electrons. The van der Waals surface area contributed by atoms with Gasteiger partial charge in [0.05, 0.1) is 5.56 Å². The monoisotopic (exact) mass is 479 g/mol. The highest BCUT2D eigenvalue weighted by molar-refractivity contribution is 5.99. The molecule has 1 aromatic carbocycles. The van der Waals surface area contributed by atoms with Crippen LogP contribution in [-0.4, -0.2) is 124 Å². The quantitative estimate of drug-likeness (QED) is 0.627. The molecule has 0 aliphatic carbocycles. The third kappa shape index (κ3) is 6.50. The highest BCUT2D eigenvalue weighted by Crippen LogP contribution is 2.42. The predicted octanol–water partition coefficient (Wildman–Crippen LogP) is 1.65. The fraction of sp³-hybridized carbons (Fsp3) is 0.545. The largest absolute Gasteiger partial charge is 0.414 e. The summed E-state index contributed by atoms with van der Waals surface area (Å²) in [6.07, 6.45) is -2.37. The molecule has 1 aliphatic heterocycles. The SMILES string of the molecule is CCN1CCN(C(=O)c2ccc(OC(=O)N(C)C)c(OC(=O)N(C)C)c2OC(=O)N(C)C)CC1. The topological polar surface area (TPSA) is 112 Å². The van der Waals surface area contributed by atoms with E-state index in [1.807, 2.05) is 0 Å². The molecule has 12 heteroatoms. The minimum absolute atomic E-state index is 0.00589. The highest BCUT2D eigenvalue weighted by Gasteiger charge is 2.31. The van der Waals surface area contributed by atoms with E-state index < -0.39 is 24.2 Å². The molecular formula is C22H33N5O7. The molecule has 1 saturated heterocycles. The number of hydrogen-bond donors (Lipinski definition) is 0. The van der Waals surface area contributed by atoms with Crippen LogP contribution in [-0.2, 0) is 0 Å². The molecule has 0 unspecified atom stereocenters. The van der Waals surface area contributed by atoms with Gasteiger partial charge in [-0.15, -0.1) is 0 Å². The molecule has 1 heterocycles. The van der Waals surface area contributed by atoms with Gasteiger partial charge in [-0.05, 0) is 18.7 Å². The van der Waals surface area contributed by atoms with Crippen LogP contribution in [0.15, 0.2) is 12.1 Å². The summed E-state index contributed by atoms with van der Waals surface area (Å²) in [6.45, 7) is 5.31. The lowest BCUT2D eigenvalue weighted by Crippen LogP contribution is -2.48. The molecule has 0 N–H and O–H groups in total. The van der Waals surface area contributed by atoms with Gasteiger partial charge in [-0.3, -0.25) is 4.79 Å². The zero-order valence-corrected chi connectivity index (χ0v) is 20.8. The number of benzene rings is 1. The number of rotatable bonds is 5. The molecule has 1 aromatic rings. The fourth-order valence-electron chi connectivity index (χ4n) is 2.97. The molecule has 0 aromatic heterocycles. The van der Waals surface area contributed by atoms with Gasteiger partial charge in [-0.1, -0.05) is 6.92 Å². The number of likely N-dealkylation sites (N-methyl/N-ethyl adjacent to an activating group) is 1. The van der Waals surface area contributed by atoms with E-state index in [4.69, 9.17) is 14.2 Å². The number of hydrogen-bond acceptors (Lipinski definition) is 8. The number of amides is 4. The summed E-state index contributed by atoms with van der Waals surface area (Å²) < 4.78 is 16.2. The van der Waals surface area contributed by atoms with Crippen molar-refractivity contribution in [3.8, 4) is 17.2 Å². The Labute approximate surface area is 199 Å². The Kier molecular flexibility index (Phi) is 9.07. The Hall–Kier alpha value is -3.54. The number of carbonyl (C=O) groups excluding carboxylic acids is 4. The third-order valence-electron chi connectivity index (χ3n) is 5.08. The molecule has 188 valence electrons. The molecule has 2 rings (SSSR count). The average Bonchev–Trinajstić information content (AvgIpc) is 2.80. The van der Waals surface area contributed by atoms with Gasteiger partial charge in [0.2, 0.25) is 5.75 Å². The van der Waals surface area contributed by atoms with Crippen molar-refractivity contribution in [2.24, 2.45) is 0 Å². The van der Waals surface area contributed by atoms with Gasteiger partial charge in [-0.2, -0.15) is 0 Å². The second-order valence-electron chi connectivity index (χ2n) is 8.28. The Balaban J connectivity index is 2.59. The maximum absolute atomic E-state index is 13.4. The van der Waals surface area contributed by atoms with Crippen LogP contribution in [0.1, 0.15) is 17.3 Å². The van der Waals surface area contributed by atoms with Gasteiger partial charge in [-0.25, -0.2) is 14.4 Å². The molecule has 1 fully saturated rings. The van der Waals surface area contributed by atoms with Crippen molar-refractivity contribution in [1.82, 2.24) is 24.5 Å². The summed E-state index contributed by atoms with van der Waals surface area (Å²) in [7, 11) is 8.82. The van der Waals surface area contributed by atoms with Crippen molar-refractivity contribution in [2.45, 2.75) is 6.92 Å². The third-order valence-corrected chi connectivity index (χ3v) is 5.08. The molecule has 0 atom stereocenters. The summed E-state index contributed by atoms with van der Waals surface area (Å²) >= 11 is 0. The van der Waals surface area contributed by atoms with Crippen LogP contribution in [0, 0.1) is 0 Å². The van der Waals surface area contributed by atoms with Crippen LogP contribution in [0.5, 0.6) is 17.2 Å². The number of piperazine rings is 1. The van der Waals surface area contributed by atoms with Gasteiger partial charge < -0.3 is 38.7 Å². The zero-order valence-electron chi connectivity index (χ0n) is 20.8. The smallest absolute Gasteiger partial charge is 0.406 e. The zero-order chi connectivity index (χ0) is 25.6. The molecule has 34 heavy (non-hydrogen) atoms. The van der Waals surface area contributed by atoms with Crippen LogP contribution in [0.3, 0.4) is 0 Å². The summed E-state index contributed by atoms with van der Waals surface area (Å²) in [5.74, 6) is -1.23. The Morgan fingerprint density at radius 2 is 1.21 bits per heavy atom. The van der Waals surface area contributed by atoms with E-state index in [1.54, 1.807) is 4.90 Å². The van der Waals surface area contributed by atoms with Crippen LogP contribution in [0.25, 0.3) is 0 Å². The summed E-state index contributed by atoms with van der Waals surface area (Å²) in [6, 6.07) is 2.72. The summed E-state index contributed by atoms with van der Waals surface area (Å²) in [5, 5.41) is 0. The molecule has 1 aliphatic rings.